The van der Waals surface area contributed by atoms with Crippen LogP contribution in [0.15, 0.2) is 60.3 Å². The average Bonchev–Trinajstić information content (AvgIpc) is 2.67. The van der Waals surface area contributed by atoms with Gasteiger partial charge in [0.15, 0.2) is 0 Å². The first-order chi connectivity index (χ1) is 14.0. The van der Waals surface area contributed by atoms with Gasteiger partial charge in [0, 0.05) is 18.4 Å². The molecule has 0 aliphatic carbocycles. The van der Waals surface area contributed by atoms with Crippen LogP contribution >= 0.6 is 0 Å². The largest absolute Gasteiger partial charge is 0.416 e. The predicted octanol–water partition coefficient (Wildman–Crippen LogP) is 4.90. The van der Waals surface area contributed by atoms with Gasteiger partial charge in [-0.05, 0) is 30.2 Å². The van der Waals surface area contributed by atoms with Crippen molar-refractivity contribution in [1.82, 2.24) is 5.32 Å². The summed E-state index contributed by atoms with van der Waals surface area (Å²) in [6.45, 7) is 0.184. The lowest BCUT2D eigenvalue weighted by molar-refractivity contribution is -0.143. The van der Waals surface area contributed by atoms with E-state index in [0.29, 0.717) is 18.6 Å². The van der Waals surface area contributed by atoms with Crippen molar-refractivity contribution in [3.05, 3.63) is 77.0 Å². The monoisotopic (exact) mass is 427 g/mol. The van der Waals surface area contributed by atoms with Crippen LogP contribution in [0.5, 0.6) is 0 Å². The fourth-order valence-electron chi connectivity index (χ4n) is 2.40. The van der Waals surface area contributed by atoms with Gasteiger partial charge in [-0.2, -0.15) is 31.6 Å². The van der Waals surface area contributed by atoms with E-state index in [-0.39, 0.29) is 12.6 Å². The Balaban J connectivity index is 2.13. The Kier molecular flexibility index (Phi) is 7.10. The number of nitrogens with zero attached hydrogens (tertiary/aromatic N) is 1. The third-order valence-electron chi connectivity index (χ3n) is 3.88. The number of rotatable bonds is 6. The van der Waals surface area contributed by atoms with E-state index < -0.39 is 40.6 Å². The van der Waals surface area contributed by atoms with E-state index in [4.69, 9.17) is 5.26 Å². The van der Waals surface area contributed by atoms with Crippen LogP contribution in [0, 0.1) is 11.3 Å². The minimum absolute atomic E-state index is 0.0175. The lowest BCUT2D eigenvalue weighted by Gasteiger charge is -2.14. The Morgan fingerprint density at radius 2 is 1.53 bits per heavy atom. The van der Waals surface area contributed by atoms with E-state index in [1.54, 1.807) is 6.07 Å². The molecule has 0 radical (unpaired) electrons. The molecule has 0 unspecified atom stereocenters. The van der Waals surface area contributed by atoms with Gasteiger partial charge < -0.3 is 10.6 Å². The summed E-state index contributed by atoms with van der Waals surface area (Å²) < 4.78 is 77.3. The third-order valence-corrected chi connectivity index (χ3v) is 3.88. The molecule has 0 aromatic heterocycles. The highest BCUT2D eigenvalue weighted by Gasteiger charge is 2.36. The van der Waals surface area contributed by atoms with Crippen LogP contribution in [0.1, 0.15) is 16.7 Å². The molecule has 0 saturated heterocycles. The van der Waals surface area contributed by atoms with Crippen LogP contribution in [0.2, 0.25) is 0 Å². The van der Waals surface area contributed by atoms with Crippen molar-refractivity contribution in [2.75, 3.05) is 11.9 Å². The van der Waals surface area contributed by atoms with Gasteiger partial charge in [-0.15, -0.1) is 0 Å². The summed E-state index contributed by atoms with van der Waals surface area (Å²) in [6, 6.07) is 11.6. The number of benzene rings is 2. The lowest BCUT2D eigenvalue weighted by Crippen LogP contribution is -2.27. The zero-order valence-corrected chi connectivity index (χ0v) is 15.2. The molecule has 0 bridgehead atoms. The maximum Gasteiger partial charge on any atom is 0.416 e. The summed E-state index contributed by atoms with van der Waals surface area (Å²) in [6.07, 6.45) is -8.78. The molecular formula is C20H15F6N3O. The summed E-state index contributed by atoms with van der Waals surface area (Å²) in [4.78, 5) is 12.0. The molecule has 2 aromatic carbocycles. The van der Waals surface area contributed by atoms with Crippen LogP contribution in [0.25, 0.3) is 0 Å². The Hall–Kier alpha value is -3.48. The van der Waals surface area contributed by atoms with E-state index in [2.05, 4.69) is 10.6 Å². The van der Waals surface area contributed by atoms with Crippen molar-refractivity contribution in [3.63, 3.8) is 0 Å². The molecule has 0 saturated carbocycles. The molecular weight excluding hydrogens is 412 g/mol. The second kappa shape index (κ2) is 9.35. The van der Waals surface area contributed by atoms with Crippen molar-refractivity contribution in [1.29, 1.82) is 5.26 Å². The molecule has 0 spiro atoms. The molecule has 0 aliphatic heterocycles. The summed E-state index contributed by atoms with van der Waals surface area (Å²) in [5.74, 6) is -0.816. The molecule has 0 heterocycles. The van der Waals surface area contributed by atoms with Gasteiger partial charge in [-0.25, -0.2) is 0 Å². The number of hydrogen-bond acceptors (Lipinski definition) is 3. The highest BCUT2D eigenvalue weighted by atomic mass is 19.4. The molecule has 4 nitrogen and oxygen atoms in total. The molecule has 2 aromatic rings. The van der Waals surface area contributed by atoms with E-state index in [1.165, 1.54) is 0 Å². The number of carbonyl (C=O) groups excluding carboxylic acids is 1. The van der Waals surface area contributed by atoms with Crippen LogP contribution < -0.4 is 10.6 Å². The van der Waals surface area contributed by atoms with Crippen LogP contribution in [-0.4, -0.2) is 12.5 Å². The van der Waals surface area contributed by atoms with Crippen molar-refractivity contribution >= 4 is 11.6 Å². The Bertz CT molecular complexity index is 927. The number of hydrogen-bond donors (Lipinski definition) is 2. The SMILES string of the molecule is N#C/C(=C/Nc1cc(C(F)(F)F)cc(C(F)(F)F)c1)C(=O)NCCc1ccccc1. The van der Waals surface area contributed by atoms with Crippen LogP contribution in [-0.2, 0) is 23.6 Å². The predicted molar refractivity (Wildman–Crippen MR) is 96.9 cm³/mol. The Morgan fingerprint density at radius 3 is 2.03 bits per heavy atom. The molecule has 2 rings (SSSR count). The van der Waals surface area contributed by atoms with Gasteiger partial charge >= 0.3 is 12.4 Å². The number of anilines is 1. The molecule has 1 amide bonds. The topological polar surface area (TPSA) is 64.9 Å². The molecule has 158 valence electrons. The minimum atomic E-state index is -5.01. The zero-order valence-electron chi connectivity index (χ0n) is 15.2. The molecule has 2 N–H and O–H groups in total. The fraction of sp³-hybridized carbons (Fsp3) is 0.200. The van der Waals surface area contributed by atoms with Gasteiger partial charge in [0.1, 0.15) is 11.6 Å². The van der Waals surface area contributed by atoms with E-state index in [9.17, 15) is 31.1 Å². The number of alkyl halides is 6. The quantitative estimate of drug-likeness (QED) is 0.392. The summed E-state index contributed by atoms with van der Waals surface area (Å²) in [5.41, 5.74) is -3.17. The van der Waals surface area contributed by atoms with Crippen LogP contribution in [0.3, 0.4) is 0 Å². The van der Waals surface area contributed by atoms with Crippen molar-refractivity contribution in [3.8, 4) is 6.07 Å². The van der Waals surface area contributed by atoms with Gasteiger partial charge in [0.2, 0.25) is 0 Å². The third kappa shape index (κ3) is 6.55. The number of carbonyl (C=O) groups is 1. The van der Waals surface area contributed by atoms with Gasteiger partial charge in [-0.3, -0.25) is 4.79 Å². The first-order valence-electron chi connectivity index (χ1n) is 8.49. The lowest BCUT2D eigenvalue weighted by atomic mass is 10.1. The Labute approximate surface area is 167 Å². The summed E-state index contributed by atoms with van der Waals surface area (Å²) in [5, 5.41) is 13.7. The minimum Gasteiger partial charge on any atom is -0.360 e. The first kappa shape index (κ1) is 22.8. The molecule has 10 heteroatoms. The first-order valence-corrected chi connectivity index (χ1v) is 8.49. The standard InChI is InChI=1S/C20H15F6N3O/c21-19(22,23)15-8-16(20(24,25)26)10-17(9-15)29-12-14(11-27)18(30)28-7-6-13-4-2-1-3-5-13/h1-5,8-10,12,29H,6-7H2,(H,28,30)/b14-12-. The van der Waals surface area contributed by atoms with Gasteiger partial charge in [-0.1, -0.05) is 30.3 Å². The summed E-state index contributed by atoms with van der Waals surface area (Å²) >= 11 is 0. The second-order valence-electron chi connectivity index (χ2n) is 6.10. The van der Waals surface area contributed by atoms with E-state index in [1.807, 2.05) is 30.3 Å². The Morgan fingerprint density at radius 1 is 0.967 bits per heavy atom. The molecule has 30 heavy (non-hydrogen) atoms. The smallest absolute Gasteiger partial charge is 0.360 e. The fourth-order valence-corrected chi connectivity index (χ4v) is 2.40. The normalized spacial score (nSPS) is 12.2. The number of amides is 1. The summed E-state index contributed by atoms with van der Waals surface area (Å²) in [7, 11) is 0. The van der Waals surface area contributed by atoms with Crippen LogP contribution in [0.4, 0.5) is 32.0 Å². The van der Waals surface area contributed by atoms with E-state index in [0.717, 1.165) is 11.8 Å². The maximum atomic E-state index is 12.9. The number of nitriles is 1. The number of halogens is 6. The maximum absolute atomic E-state index is 12.9. The highest BCUT2D eigenvalue weighted by Crippen LogP contribution is 2.37. The van der Waals surface area contributed by atoms with Crippen molar-refractivity contribution in [2.24, 2.45) is 0 Å². The molecule has 0 atom stereocenters. The molecule has 0 aliphatic rings. The van der Waals surface area contributed by atoms with Crippen molar-refractivity contribution in [2.45, 2.75) is 18.8 Å². The van der Waals surface area contributed by atoms with Gasteiger partial charge in [0.25, 0.3) is 5.91 Å². The molecule has 0 fully saturated rings. The van der Waals surface area contributed by atoms with Crippen molar-refractivity contribution < 1.29 is 31.1 Å². The average molecular weight is 427 g/mol. The number of nitrogens with one attached hydrogen (secondary N) is 2. The zero-order chi connectivity index (χ0) is 22.4. The van der Waals surface area contributed by atoms with Gasteiger partial charge in [0.05, 0.1) is 11.1 Å². The van der Waals surface area contributed by atoms with E-state index >= 15 is 0 Å². The highest BCUT2D eigenvalue weighted by molar-refractivity contribution is 5.97. The second-order valence-corrected chi connectivity index (χ2v) is 6.10.